The van der Waals surface area contributed by atoms with Crippen LogP contribution in [0.15, 0.2) is 0 Å². The van der Waals surface area contributed by atoms with E-state index < -0.39 is 6.10 Å². The van der Waals surface area contributed by atoms with Crippen LogP contribution < -0.4 is 5.32 Å². The molecule has 0 aromatic heterocycles. The average Bonchev–Trinajstić information content (AvgIpc) is 2.81. The molecular formula is C10H15N3O2. The van der Waals surface area contributed by atoms with Crippen LogP contribution in [-0.2, 0) is 9.53 Å². The monoisotopic (exact) mass is 209 g/mol. The number of rotatable bonds is 1. The quantitative estimate of drug-likeness (QED) is 0.631. The third kappa shape index (κ3) is 2.28. The summed E-state index contributed by atoms with van der Waals surface area (Å²) in [6, 6.07) is 2.00. The molecule has 2 heterocycles. The zero-order valence-corrected chi connectivity index (χ0v) is 8.61. The van der Waals surface area contributed by atoms with E-state index in [0.717, 1.165) is 19.4 Å². The molecule has 1 amide bonds. The first kappa shape index (κ1) is 10.4. The van der Waals surface area contributed by atoms with E-state index in [1.807, 2.05) is 6.07 Å². The lowest BCUT2D eigenvalue weighted by atomic mass is 10.2. The summed E-state index contributed by atoms with van der Waals surface area (Å²) >= 11 is 0. The first-order valence-corrected chi connectivity index (χ1v) is 5.34. The van der Waals surface area contributed by atoms with Crippen LogP contribution in [0.25, 0.3) is 0 Å². The number of amides is 1. The fourth-order valence-corrected chi connectivity index (χ4v) is 2.04. The minimum Gasteiger partial charge on any atom is -0.360 e. The van der Waals surface area contributed by atoms with Gasteiger partial charge in [0, 0.05) is 6.54 Å². The van der Waals surface area contributed by atoms with E-state index in [1.165, 1.54) is 0 Å². The normalized spacial score (nSPS) is 31.3. The highest BCUT2D eigenvalue weighted by Gasteiger charge is 2.30. The van der Waals surface area contributed by atoms with Crippen molar-refractivity contribution < 1.29 is 9.53 Å². The van der Waals surface area contributed by atoms with Crippen molar-refractivity contribution in [1.29, 1.82) is 5.26 Å². The van der Waals surface area contributed by atoms with Crippen LogP contribution in [0.1, 0.15) is 12.8 Å². The standard InChI is InChI=1S/C10H15N3O2/c11-6-8-7-13(4-5-15-8)10(14)9-2-1-3-12-9/h8-9,12H,1-5,7H2/t8?,9-/m0/s1. The van der Waals surface area contributed by atoms with Gasteiger partial charge in [-0.15, -0.1) is 0 Å². The van der Waals surface area contributed by atoms with Gasteiger partial charge in [-0.3, -0.25) is 4.79 Å². The van der Waals surface area contributed by atoms with Crippen molar-refractivity contribution in [2.24, 2.45) is 0 Å². The van der Waals surface area contributed by atoms with E-state index in [1.54, 1.807) is 4.90 Å². The molecular weight excluding hydrogens is 194 g/mol. The number of nitrogens with zero attached hydrogens (tertiary/aromatic N) is 2. The van der Waals surface area contributed by atoms with Gasteiger partial charge in [-0.2, -0.15) is 5.26 Å². The van der Waals surface area contributed by atoms with Gasteiger partial charge in [0.2, 0.25) is 5.91 Å². The van der Waals surface area contributed by atoms with Gasteiger partial charge in [-0.1, -0.05) is 0 Å². The SMILES string of the molecule is N#CC1CN(C(=O)[C@@H]2CCCN2)CCO1. The average molecular weight is 209 g/mol. The number of nitrogens with one attached hydrogen (secondary N) is 1. The third-order valence-corrected chi connectivity index (χ3v) is 2.88. The van der Waals surface area contributed by atoms with Gasteiger partial charge in [0.05, 0.1) is 25.3 Å². The molecule has 2 fully saturated rings. The van der Waals surface area contributed by atoms with Gasteiger partial charge < -0.3 is 15.0 Å². The molecule has 2 aliphatic heterocycles. The van der Waals surface area contributed by atoms with Crippen LogP contribution in [0, 0.1) is 11.3 Å². The summed E-state index contributed by atoms with van der Waals surface area (Å²) < 4.78 is 5.19. The van der Waals surface area contributed by atoms with E-state index in [2.05, 4.69) is 5.32 Å². The lowest BCUT2D eigenvalue weighted by molar-refractivity contribution is -0.138. The fraction of sp³-hybridized carbons (Fsp3) is 0.800. The maximum absolute atomic E-state index is 12.0. The molecule has 82 valence electrons. The molecule has 2 atom stereocenters. The molecule has 2 aliphatic rings. The second-order valence-electron chi connectivity index (χ2n) is 3.92. The Labute approximate surface area is 89.0 Å². The summed E-state index contributed by atoms with van der Waals surface area (Å²) in [6.45, 7) is 2.40. The zero-order chi connectivity index (χ0) is 10.7. The van der Waals surface area contributed by atoms with Gasteiger partial charge >= 0.3 is 0 Å². The van der Waals surface area contributed by atoms with Crippen molar-refractivity contribution in [2.45, 2.75) is 25.0 Å². The summed E-state index contributed by atoms with van der Waals surface area (Å²) in [7, 11) is 0. The fourth-order valence-electron chi connectivity index (χ4n) is 2.04. The highest BCUT2D eigenvalue weighted by molar-refractivity contribution is 5.82. The molecule has 15 heavy (non-hydrogen) atoms. The summed E-state index contributed by atoms with van der Waals surface area (Å²) in [5.41, 5.74) is 0. The summed E-state index contributed by atoms with van der Waals surface area (Å²) in [5.74, 6) is 0.121. The molecule has 5 heteroatoms. The van der Waals surface area contributed by atoms with Crippen molar-refractivity contribution in [3.8, 4) is 6.07 Å². The number of morpholine rings is 1. The Balaban J connectivity index is 1.92. The molecule has 2 rings (SSSR count). The molecule has 0 aliphatic carbocycles. The van der Waals surface area contributed by atoms with Crippen molar-refractivity contribution in [1.82, 2.24) is 10.2 Å². The second kappa shape index (κ2) is 4.60. The molecule has 5 nitrogen and oxygen atoms in total. The van der Waals surface area contributed by atoms with Crippen molar-refractivity contribution >= 4 is 5.91 Å². The minimum absolute atomic E-state index is 0.0394. The molecule has 0 spiro atoms. The lowest BCUT2D eigenvalue weighted by Crippen LogP contribution is -2.50. The summed E-state index contributed by atoms with van der Waals surface area (Å²) in [6.07, 6.45) is 1.51. The molecule has 0 aromatic carbocycles. The van der Waals surface area contributed by atoms with Crippen LogP contribution in [0.3, 0.4) is 0 Å². The van der Waals surface area contributed by atoms with Crippen molar-refractivity contribution in [2.75, 3.05) is 26.2 Å². The molecule has 2 saturated heterocycles. The highest BCUT2D eigenvalue weighted by Crippen LogP contribution is 2.11. The van der Waals surface area contributed by atoms with Gasteiger partial charge in [-0.05, 0) is 19.4 Å². The first-order valence-electron chi connectivity index (χ1n) is 5.34. The van der Waals surface area contributed by atoms with E-state index >= 15 is 0 Å². The maximum Gasteiger partial charge on any atom is 0.239 e. The molecule has 0 aromatic rings. The van der Waals surface area contributed by atoms with Crippen LogP contribution in [-0.4, -0.2) is 49.2 Å². The number of nitriles is 1. The number of carbonyl (C=O) groups excluding carboxylic acids is 1. The predicted molar refractivity (Wildman–Crippen MR) is 53.0 cm³/mol. The number of hydrogen-bond acceptors (Lipinski definition) is 4. The number of hydrogen-bond donors (Lipinski definition) is 1. The van der Waals surface area contributed by atoms with E-state index in [9.17, 15) is 4.79 Å². The smallest absolute Gasteiger partial charge is 0.239 e. The van der Waals surface area contributed by atoms with Crippen LogP contribution >= 0.6 is 0 Å². The summed E-state index contributed by atoms with van der Waals surface area (Å²) in [5, 5.41) is 11.9. The Bertz CT molecular complexity index is 281. The van der Waals surface area contributed by atoms with Gasteiger partial charge in [0.25, 0.3) is 0 Å². The zero-order valence-electron chi connectivity index (χ0n) is 8.61. The number of ether oxygens (including phenoxy) is 1. The van der Waals surface area contributed by atoms with Gasteiger partial charge in [0.15, 0.2) is 6.10 Å². The van der Waals surface area contributed by atoms with Crippen LogP contribution in [0.5, 0.6) is 0 Å². The number of carbonyl (C=O) groups is 1. The maximum atomic E-state index is 12.0. The summed E-state index contributed by atoms with van der Waals surface area (Å²) in [4.78, 5) is 13.7. The lowest BCUT2D eigenvalue weighted by Gasteiger charge is -2.31. The van der Waals surface area contributed by atoms with Gasteiger partial charge in [-0.25, -0.2) is 0 Å². The Kier molecular flexibility index (Phi) is 3.19. The Morgan fingerprint density at radius 1 is 1.60 bits per heavy atom. The predicted octanol–water partition coefficient (Wildman–Crippen LogP) is -0.511. The van der Waals surface area contributed by atoms with Crippen molar-refractivity contribution in [3.05, 3.63) is 0 Å². The van der Waals surface area contributed by atoms with E-state index in [4.69, 9.17) is 10.00 Å². The second-order valence-corrected chi connectivity index (χ2v) is 3.92. The van der Waals surface area contributed by atoms with E-state index in [-0.39, 0.29) is 11.9 Å². The van der Waals surface area contributed by atoms with Crippen LogP contribution in [0.2, 0.25) is 0 Å². The molecule has 1 N–H and O–H groups in total. The van der Waals surface area contributed by atoms with E-state index in [0.29, 0.717) is 19.7 Å². The molecule has 1 unspecified atom stereocenters. The topological polar surface area (TPSA) is 65.4 Å². The molecule has 0 saturated carbocycles. The Morgan fingerprint density at radius 3 is 3.13 bits per heavy atom. The van der Waals surface area contributed by atoms with Crippen molar-refractivity contribution in [3.63, 3.8) is 0 Å². The Hall–Kier alpha value is -1.12. The first-order chi connectivity index (χ1) is 7.31. The Morgan fingerprint density at radius 2 is 2.47 bits per heavy atom. The third-order valence-electron chi connectivity index (χ3n) is 2.88. The van der Waals surface area contributed by atoms with Crippen LogP contribution in [0.4, 0.5) is 0 Å². The molecule has 0 radical (unpaired) electrons. The van der Waals surface area contributed by atoms with Gasteiger partial charge in [0.1, 0.15) is 0 Å². The largest absolute Gasteiger partial charge is 0.360 e. The minimum atomic E-state index is -0.455. The molecule has 0 bridgehead atoms. The highest BCUT2D eigenvalue weighted by atomic mass is 16.5.